The van der Waals surface area contributed by atoms with Gasteiger partial charge in [-0.25, -0.2) is 4.79 Å². The predicted octanol–water partition coefficient (Wildman–Crippen LogP) is 8.82. The first-order chi connectivity index (χ1) is 42.2. The maximum absolute atomic E-state index is 15.3. The molecule has 1 heterocycles. The number of amides is 6. The first-order valence-electron chi connectivity index (χ1n) is 26.2. The van der Waals surface area contributed by atoms with Crippen LogP contribution in [0, 0.1) is 0 Å². The lowest BCUT2D eigenvalue weighted by Gasteiger charge is -2.33. The molecule has 0 aliphatic rings. The molecule has 6 unspecified atom stereocenters. The number of benzene rings is 7. The number of hydrogen-bond acceptors (Lipinski definition) is 14. The SMILES string of the molecule is CN(C(=O)C(NC(=O)C(NC(=O)C(NC(=O)C(Cc1c[nH]c2ccccc12)NC(=O)C(=O)c1cc(Cl)c(O)c(Cl)c1)c1cc(Cl)c(O)c(Cl)c1)c1ccc(O)cc1)c1cc(Cl)c(O)c(Cl)c1)C(Cc1ccc(O)cc1)C(=O)NC(C(=O)O)c1ccc(O)cc1. The molecule has 0 bridgehead atoms. The number of fused-ring (bicyclic) bond motifs is 1. The number of phenolic OH excluding ortho intramolecular Hbond substituents is 6. The van der Waals surface area contributed by atoms with Crippen LogP contribution in [0.4, 0.5) is 0 Å². The molecule has 0 aliphatic heterocycles. The van der Waals surface area contributed by atoms with E-state index in [-0.39, 0.29) is 68.0 Å². The van der Waals surface area contributed by atoms with Crippen molar-refractivity contribution in [2.24, 2.45) is 0 Å². The zero-order valence-electron chi connectivity index (χ0n) is 45.8. The number of para-hydroxylation sites is 1. The van der Waals surface area contributed by atoms with Gasteiger partial charge in [0, 0.05) is 42.6 Å². The van der Waals surface area contributed by atoms with Crippen molar-refractivity contribution in [2.75, 3.05) is 7.05 Å². The Hall–Kier alpha value is -9.42. The minimum Gasteiger partial charge on any atom is -0.508 e. The fourth-order valence-corrected chi connectivity index (χ4v) is 10.8. The van der Waals surface area contributed by atoms with Gasteiger partial charge < -0.3 is 72.2 Å². The Morgan fingerprint density at radius 2 is 0.888 bits per heavy atom. The van der Waals surface area contributed by atoms with Crippen LogP contribution in [-0.4, -0.2) is 112 Å². The van der Waals surface area contributed by atoms with Crippen molar-refractivity contribution in [3.8, 4) is 34.5 Å². The average molecular weight is 1330 g/mol. The molecule has 0 radical (unpaired) electrons. The van der Waals surface area contributed by atoms with E-state index in [4.69, 9.17) is 69.6 Å². The van der Waals surface area contributed by atoms with Gasteiger partial charge in [-0.2, -0.15) is 0 Å². The number of aliphatic carboxylic acids is 1. The summed E-state index contributed by atoms with van der Waals surface area (Å²) in [7, 11) is 1.15. The molecule has 0 saturated carbocycles. The van der Waals surface area contributed by atoms with Crippen molar-refractivity contribution in [3.63, 3.8) is 0 Å². The molecular weight excluding hydrogens is 1280 g/mol. The van der Waals surface area contributed by atoms with Crippen molar-refractivity contribution in [2.45, 2.75) is 49.1 Å². The molecule has 7 aromatic carbocycles. The Balaban J connectivity index is 1.18. The fourth-order valence-electron chi connectivity index (χ4n) is 9.34. The molecule has 6 atom stereocenters. The van der Waals surface area contributed by atoms with Crippen LogP contribution in [0.2, 0.25) is 30.1 Å². The average Bonchev–Trinajstić information content (AvgIpc) is 1.55. The van der Waals surface area contributed by atoms with Crippen LogP contribution < -0.4 is 26.6 Å². The summed E-state index contributed by atoms with van der Waals surface area (Å²) in [4.78, 5) is 120. The topological polar surface area (TPSA) is 357 Å². The molecule has 28 heteroatoms. The van der Waals surface area contributed by atoms with Gasteiger partial charge in [-0.15, -0.1) is 0 Å². The van der Waals surface area contributed by atoms with Gasteiger partial charge in [-0.05, 0) is 112 Å². The largest absolute Gasteiger partial charge is 0.508 e. The number of carbonyl (C=O) groups excluding carboxylic acids is 7. The van der Waals surface area contributed by atoms with Gasteiger partial charge in [0.05, 0.1) is 30.1 Å². The maximum Gasteiger partial charge on any atom is 0.330 e. The summed E-state index contributed by atoms with van der Waals surface area (Å²) in [6.45, 7) is 0. The van der Waals surface area contributed by atoms with Crippen LogP contribution in [0.15, 0.2) is 140 Å². The molecule has 0 fully saturated rings. The number of carboxylic acid groups (broad SMARTS) is 1. The van der Waals surface area contributed by atoms with Crippen molar-refractivity contribution in [1.82, 2.24) is 36.5 Å². The van der Waals surface area contributed by atoms with Crippen molar-refractivity contribution in [3.05, 3.63) is 209 Å². The predicted molar refractivity (Wildman–Crippen MR) is 328 cm³/mol. The number of likely N-dealkylation sites (N-methyl/N-ethyl adjacent to an activating group) is 1. The molecule has 89 heavy (non-hydrogen) atoms. The Morgan fingerprint density at radius 3 is 1.39 bits per heavy atom. The second-order valence-electron chi connectivity index (χ2n) is 20.0. The van der Waals surface area contributed by atoms with E-state index in [1.54, 1.807) is 24.3 Å². The number of halogens is 6. The van der Waals surface area contributed by atoms with Gasteiger partial charge in [-0.3, -0.25) is 33.6 Å². The molecule has 0 saturated heterocycles. The number of carbonyl (C=O) groups is 8. The van der Waals surface area contributed by atoms with Crippen LogP contribution in [0.3, 0.4) is 0 Å². The number of rotatable bonds is 22. The normalized spacial score (nSPS) is 13.2. The number of nitrogens with zero attached hydrogens (tertiary/aromatic N) is 1. The van der Waals surface area contributed by atoms with Gasteiger partial charge in [-0.1, -0.05) is 124 Å². The summed E-state index contributed by atoms with van der Waals surface area (Å²) in [6, 6.07) is 17.0. The van der Waals surface area contributed by atoms with E-state index >= 15 is 14.4 Å². The van der Waals surface area contributed by atoms with E-state index < -0.39 is 121 Å². The molecule has 1 aromatic heterocycles. The molecular formula is C61H49Cl6N7O15. The lowest BCUT2D eigenvalue weighted by Crippen LogP contribution is -2.54. The van der Waals surface area contributed by atoms with Gasteiger partial charge in [0.15, 0.2) is 23.3 Å². The summed E-state index contributed by atoms with van der Waals surface area (Å²) in [6.07, 6.45) is 0.822. The Kier molecular flexibility index (Phi) is 20.7. The summed E-state index contributed by atoms with van der Waals surface area (Å²) in [5.74, 6) is -12.5. The molecule has 8 rings (SSSR count). The smallest absolute Gasteiger partial charge is 0.330 e. The Morgan fingerprint density at radius 1 is 0.472 bits per heavy atom. The standard InChI is InChI=1S/C61H49Cl6N7O15/c1-74(46(18-27-6-12-34(75)13-7-27)56(83)73-50(61(88)89)29-10-16-36(77)17-11-29)60(87)49(31-21-40(64)53(80)41(65)22-31)72-57(84)47(28-8-14-35(76)15-9-28)71-58(85)48(30-19-38(62)52(79)39(63)20-30)70-55(82)45(25-33-26-68-44-5-3-2-4-37(33)44)69-59(86)51(78)32-23-42(66)54(81)43(67)24-32/h2-17,19-24,26,45-50,68,75-77,79-81H,18,25H2,1H3,(H,69,86)(H,70,82)(H,71,85)(H,72,84)(H,73,83)(H,88,89). The molecule has 13 N–H and O–H groups in total. The second kappa shape index (κ2) is 28.2. The summed E-state index contributed by atoms with van der Waals surface area (Å²) in [5, 5.41) is 82.8. The molecule has 460 valence electrons. The Labute approximate surface area is 534 Å². The van der Waals surface area contributed by atoms with Crippen LogP contribution >= 0.6 is 69.6 Å². The lowest BCUT2D eigenvalue weighted by molar-refractivity contribution is -0.145. The fraction of sp³-hybridized carbons (Fsp3) is 0.148. The molecule has 0 aliphatic carbocycles. The second-order valence-corrected chi connectivity index (χ2v) is 22.4. The highest BCUT2D eigenvalue weighted by molar-refractivity contribution is 6.45. The lowest BCUT2D eigenvalue weighted by atomic mass is 9.98. The first kappa shape index (κ1) is 65.6. The number of aromatic nitrogens is 1. The van der Waals surface area contributed by atoms with E-state index in [2.05, 4.69) is 31.6 Å². The van der Waals surface area contributed by atoms with Crippen molar-refractivity contribution in [1.29, 1.82) is 0 Å². The first-order valence-corrected chi connectivity index (χ1v) is 28.5. The number of aromatic amines is 1. The van der Waals surface area contributed by atoms with Crippen molar-refractivity contribution < 1.29 is 74.1 Å². The third kappa shape index (κ3) is 15.5. The number of H-pyrrole nitrogens is 1. The number of aromatic hydroxyl groups is 6. The summed E-state index contributed by atoms with van der Waals surface area (Å²) < 4.78 is 0. The van der Waals surface area contributed by atoms with Crippen LogP contribution in [-0.2, 0) is 46.4 Å². The third-order valence-corrected chi connectivity index (χ3v) is 15.8. The van der Waals surface area contributed by atoms with Crippen molar-refractivity contribution >= 4 is 128 Å². The maximum atomic E-state index is 15.3. The summed E-state index contributed by atoms with van der Waals surface area (Å²) in [5.41, 5.74) is 0.455. The van der Waals surface area contributed by atoms with Gasteiger partial charge >= 0.3 is 5.97 Å². The van der Waals surface area contributed by atoms with E-state index in [9.17, 15) is 59.7 Å². The summed E-state index contributed by atoms with van der Waals surface area (Å²) >= 11 is 37.8. The molecule has 6 amide bonds. The third-order valence-electron chi connectivity index (χ3n) is 14.1. The molecule has 0 spiro atoms. The van der Waals surface area contributed by atoms with E-state index in [1.807, 2.05) is 0 Å². The van der Waals surface area contributed by atoms with E-state index in [1.165, 1.54) is 66.9 Å². The zero-order valence-corrected chi connectivity index (χ0v) is 50.3. The van der Waals surface area contributed by atoms with Gasteiger partial charge in [0.1, 0.15) is 47.5 Å². The zero-order chi connectivity index (χ0) is 64.7. The van der Waals surface area contributed by atoms with Gasteiger partial charge in [0.2, 0.25) is 35.3 Å². The van der Waals surface area contributed by atoms with Crippen LogP contribution in [0.5, 0.6) is 34.5 Å². The number of nitrogens with one attached hydrogen (secondary N) is 6. The molecule has 8 aromatic rings. The Bertz CT molecular complexity index is 4010. The highest BCUT2D eigenvalue weighted by Crippen LogP contribution is 2.38. The van der Waals surface area contributed by atoms with Crippen LogP contribution in [0.25, 0.3) is 10.9 Å². The number of phenols is 6. The quantitative estimate of drug-likeness (QED) is 0.0223. The highest BCUT2D eigenvalue weighted by atomic mass is 35.5. The van der Waals surface area contributed by atoms with Crippen LogP contribution in [0.1, 0.15) is 67.9 Å². The van der Waals surface area contributed by atoms with Gasteiger partial charge in [0.25, 0.3) is 5.91 Å². The number of Topliss-reactive ketones (excluding diaryl/α,β-unsaturated/α-hetero) is 1. The number of ketones is 1. The van der Waals surface area contributed by atoms with E-state index in [0.717, 1.165) is 60.5 Å². The number of carboxylic acids is 1. The molecule has 22 nitrogen and oxygen atoms in total. The minimum atomic E-state index is -2.01. The highest BCUT2D eigenvalue weighted by Gasteiger charge is 2.39. The number of hydrogen-bond donors (Lipinski definition) is 13. The monoisotopic (exact) mass is 1330 g/mol. The van der Waals surface area contributed by atoms with E-state index in [0.29, 0.717) is 22.0 Å². The minimum absolute atomic E-state index is 0.0212.